The van der Waals surface area contributed by atoms with E-state index < -0.39 is 0 Å². The molecule has 0 nitrogen and oxygen atoms in total. The maximum absolute atomic E-state index is 2.16. The Morgan fingerprint density at radius 2 is 0.826 bits per heavy atom. The molecule has 0 bridgehead atoms. The molecule has 3 rings (SSSR count). The Morgan fingerprint density at radius 1 is 0.522 bits per heavy atom. The van der Waals surface area contributed by atoms with Crippen molar-refractivity contribution in [2.75, 3.05) is 0 Å². The van der Waals surface area contributed by atoms with Gasteiger partial charge in [-0.2, -0.15) is 0 Å². The number of rotatable bonds is 1. The summed E-state index contributed by atoms with van der Waals surface area (Å²) in [6.45, 7) is 6.41. The van der Waals surface area contributed by atoms with E-state index in [2.05, 4.69) is 93.6 Å². The van der Waals surface area contributed by atoms with Crippen molar-refractivity contribution in [3.05, 3.63) is 84.4 Å². The standard InChI is InChI=1S/C10H8.C8H10.C3H8.2CH4/c1-2-6-10-8-4-3-7-9(10)5-1;1-2-8-6-4-3-5-7-8;1-3-2;;/h1-8H;3-7H,2H2,1H3;3H2,1-2H3;2*1H4. The third-order valence-electron chi connectivity index (χ3n) is 2.91. The van der Waals surface area contributed by atoms with Crippen LogP contribution in [-0.4, -0.2) is 0 Å². The Hall–Kier alpha value is -2.08. The predicted molar refractivity (Wildman–Crippen MR) is 109 cm³/mol. The summed E-state index contributed by atoms with van der Waals surface area (Å²) in [7, 11) is 0. The van der Waals surface area contributed by atoms with Crippen LogP contribution in [0.15, 0.2) is 78.9 Å². The van der Waals surface area contributed by atoms with E-state index in [-0.39, 0.29) is 14.9 Å². The van der Waals surface area contributed by atoms with Gasteiger partial charge in [-0.15, -0.1) is 0 Å². The van der Waals surface area contributed by atoms with Crippen LogP contribution in [0.2, 0.25) is 0 Å². The molecule has 0 aliphatic carbocycles. The molecular weight excluding hydrogens is 276 g/mol. The average Bonchev–Trinajstić information content (AvgIpc) is 2.57. The molecular formula is C23H34. The maximum Gasteiger partial charge on any atom is -0.0184 e. The van der Waals surface area contributed by atoms with Crippen LogP contribution in [0.4, 0.5) is 0 Å². The lowest BCUT2D eigenvalue weighted by Crippen LogP contribution is -1.73. The normalized spacial score (nSPS) is 8.30. The first kappa shape index (κ1) is 23.2. The zero-order chi connectivity index (χ0) is 15.3. The van der Waals surface area contributed by atoms with Gasteiger partial charge in [0.2, 0.25) is 0 Å². The predicted octanol–water partition coefficient (Wildman–Crippen LogP) is 7.78. The summed E-state index contributed by atoms with van der Waals surface area (Å²) < 4.78 is 0. The fourth-order valence-electron chi connectivity index (χ4n) is 1.85. The lowest BCUT2D eigenvalue weighted by molar-refractivity contribution is 1.09. The topological polar surface area (TPSA) is 0 Å². The maximum atomic E-state index is 2.16. The van der Waals surface area contributed by atoms with Crippen LogP contribution < -0.4 is 0 Å². The van der Waals surface area contributed by atoms with E-state index in [0.717, 1.165) is 6.42 Å². The van der Waals surface area contributed by atoms with Crippen molar-refractivity contribution in [2.24, 2.45) is 0 Å². The van der Waals surface area contributed by atoms with Crippen molar-refractivity contribution in [1.82, 2.24) is 0 Å². The molecule has 0 amide bonds. The molecule has 0 fully saturated rings. The fraction of sp³-hybridized carbons (Fsp3) is 0.304. The third kappa shape index (κ3) is 9.52. The van der Waals surface area contributed by atoms with Crippen molar-refractivity contribution < 1.29 is 0 Å². The van der Waals surface area contributed by atoms with Gasteiger partial charge in [0.1, 0.15) is 0 Å². The monoisotopic (exact) mass is 310 g/mol. The average molecular weight is 311 g/mol. The van der Waals surface area contributed by atoms with Gasteiger partial charge in [-0.1, -0.05) is 121 Å². The van der Waals surface area contributed by atoms with Crippen LogP contribution >= 0.6 is 0 Å². The molecule has 0 atom stereocenters. The molecule has 0 radical (unpaired) electrons. The number of hydrogen-bond acceptors (Lipinski definition) is 0. The Labute approximate surface area is 144 Å². The van der Waals surface area contributed by atoms with Crippen molar-refractivity contribution >= 4 is 10.8 Å². The second kappa shape index (κ2) is 14.8. The van der Waals surface area contributed by atoms with E-state index in [9.17, 15) is 0 Å². The Balaban J connectivity index is 0. The van der Waals surface area contributed by atoms with Gasteiger partial charge >= 0.3 is 0 Å². The number of fused-ring (bicyclic) bond motifs is 1. The molecule has 126 valence electrons. The highest BCUT2D eigenvalue weighted by atomic mass is 13.9. The van der Waals surface area contributed by atoms with Gasteiger partial charge in [0.05, 0.1) is 0 Å². The minimum Gasteiger partial charge on any atom is -0.0776 e. The van der Waals surface area contributed by atoms with Crippen LogP contribution in [-0.2, 0) is 6.42 Å². The van der Waals surface area contributed by atoms with Gasteiger partial charge < -0.3 is 0 Å². The molecule has 0 aromatic heterocycles. The number of hydrogen-bond donors (Lipinski definition) is 0. The van der Waals surface area contributed by atoms with Crippen molar-refractivity contribution in [1.29, 1.82) is 0 Å². The second-order valence-electron chi connectivity index (χ2n) is 4.89. The van der Waals surface area contributed by atoms with Crippen molar-refractivity contribution in [3.8, 4) is 0 Å². The molecule has 0 heterocycles. The Kier molecular flexibility index (Phi) is 15.0. The van der Waals surface area contributed by atoms with Gasteiger partial charge in [-0.05, 0) is 22.8 Å². The van der Waals surface area contributed by atoms with Crippen LogP contribution in [0.1, 0.15) is 47.6 Å². The zero-order valence-electron chi connectivity index (χ0n) is 13.4. The highest BCUT2D eigenvalue weighted by molar-refractivity contribution is 5.81. The molecule has 23 heavy (non-hydrogen) atoms. The minimum atomic E-state index is 0. The van der Waals surface area contributed by atoms with E-state index >= 15 is 0 Å². The molecule has 0 aliphatic heterocycles. The summed E-state index contributed by atoms with van der Waals surface area (Å²) >= 11 is 0. The molecule has 0 saturated heterocycles. The first-order valence-electron chi connectivity index (χ1n) is 7.79. The number of aryl methyl sites for hydroxylation is 1. The van der Waals surface area contributed by atoms with Crippen LogP contribution in [0.5, 0.6) is 0 Å². The first-order valence-corrected chi connectivity index (χ1v) is 7.79. The quantitative estimate of drug-likeness (QED) is 0.430. The molecule has 0 N–H and O–H groups in total. The molecule has 0 heteroatoms. The SMILES string of the molecule is C.C.CCC.CCc1ccccc1.c1ccc2ccccc2c1. The van der Waals surface area contributed by atoms with Crippen LogP contribution in [0.3, 0.4) is 0 Å². The van der Waals surface area contributed by atoms with Crippen LogP contribution in [0, 0.1) is 0 Å². The lowest BCUT2D eigenvalue weighted by atomic mass is 10.1. The van der Waals surface area contributed by atoms with E-state index in [1.54, 1.807) is 0 Å². The highest BCUT2D eigenvalue weighted by Gasteiger charge is 1.85. The molecule has 0 unspecified atom stereocenters. The summed E-state index contributed by atoms with van der Waals surface area (Å²) in [5.41, 5.74) is 1.41. The van der Waals surface area contributed by atoms with Crippen LogP contribution in [0.25, 0.3) is 10.8 Å². The largest absolute Gasteiger partial charge is 0.0776 e. The summed E-state index contributed by atoms with van der Waals surface area (Å²) in [6, 6.07) is 27.2. The Bertz CT molecular complexity index is 531. The minimum absolute atomic E-state index is 0. The highest BCUT2D eigenvalue weighted by Crippen LogP contribution is 2.11. The van der Waals surface area contributed by atoms with Gasteiger partial charge in [-0.3, -0.25) is 0 Å². The summed E-state index contributed by atoms with van der Waals surface area (Å²) in [4.78, 5) is 0. The summed E-state index contributed by atoms with van der Waals surface area (Å²) in [6.07, 6.45) is 2.39. The van der Waals surface area contributed by atoms with Gasteiger partial charge in [-0.25, -0.2) is 0 Å². The molecule has 0 spiro atoms. The van der Waals surface area contributed by atoms with Gasteiger partial charge in [0.15, 0.2) is 0 Å². The van der Waals surface area contributed by atoms with E-state index in [1.165, 1.54) is 22.8 Å². The van der Waals surface area contributed by atoms with Gasteiger partial charge in [0, 0.05) is 0 Å². The summed E-state index contributed by atoms with van der Waals surface area (Å²) in [5, 5.41) is 2.62. The smallest absolute Gasteiger partial charge is 0.0184 e. The third-order valence-corrected chi connectivity index (χ3v) is 2.91. The van der Waals surface area contributed by atoms with Gasteiger partial charge in [0.25, 0.3) is 0 Å². The van der Waals surface area contributed by atoms with Crippen molar-refractivity contribution in [2.45, 2.75) is 48.5 Å². The van der Waals surface area contributed by atoms with Crippen molar-refractivity contribution in [3.63, 3.8) is 0 Å². The van der Waals surface area contributed by atoms with E-state index in [1.807, 2.05) is 6.07 Å². The van der Waals surface area contributed by atoms with E-state index in [0.29, 0.717) is 0 Å². The molecule has 3 aromatic rings. The number of benzene rings is 3. The second-order valence-corrected chi connectivity index (χ2v) is 4.89. The fourth-order valence-corrected chi connectivity index (χ4v) is 1.85. The molecule has 0 saturated carbocycles. The molecule has 3 aromatic carbocycles. The Morgan fingerprint density at radius 3 is 1.09 bits per heavy atom. The summed E-state index contributed by atoms with van der Waals surface area (Å²) in [5.74, 6) is 0. The van der Waals surface area contributed by atoms with E-state index in [4.69, 9.17) is 0 Å². The molecule has 0 aliphatic rings. The zero-order valence-corrected chi connectivity index (χ0v) is 13.4. The lowest BCUT2D eigenvalue weighted by Gasteiger charge is -1.92. The first-order chi connectivity index (χ1) is 10.3.